The average molecular weight is 113 g/mol. The second kappa shape index (κ2) is 2.14. The van der Waals surface area contributed by atoms with Crippen LogP contribution in [0.2, 0.25) is 0 Å². The highest BCUT2D eigenvalue weighted by Crippen LogP contribution is 2.07. The Balaban J connectivity index is 2.22. The summed E-state index contributed by atoms with van der Waals surface area (Å²) in [5.74, 6) is 0. The topological polar surface area (TPSA) is 18.5 Å². The summed E-state index contributed by atoms with van der Waals surface area (Å²) >= 11 is 0. The first-order valence-corrected chi connectivity index (χ1v) is 2.47. The van der Waals surface area contributed by atoms with Gasteiger partial charge in [0.15, 0.2) is 6.29 Å². The molecular weight excluding hydrogens is 108 g/mol. The molecule has 1 atom stereocenters. The molecule has 0 aromatic carbocycles. The Labute approximate surface area is 45.7 Å². The first kappa shape index (κ1) is 4.87. The summed E-state index contributed by atoms with van der Waals surface area (Å²) in [6.07, 6.45) is 4.27. The van der Waals surface area contributed by atoms with Crippen LogP contribution in [0.5, 0.6) is 0 Å². The molecule has 0 fully saturated rings. The van der Waals surface area contributed by atoms with Crippen molar-refractivity contribution < 1.29 is 9.16 Å². The van der Waals surface area contributed by atoms with Gasteiger partial charge in [0.05, 0.1) is 6.26 Å². The summed E-state index contributed by atoms with van der Waals surface area (Å²) in [6.45, 7) is 0. The Bertz CT molecular complexity index is 73.8. The summed E-state index contributed by atoms with van der Waals surface area (Å²) in [5, 5.41) is 0. The van der Waals surface area contributed by atoms with Gasteiger partial charge in [-0.3, -0.25) is 0 Å². The Morgan fingerprint density at radius 3 is 3.00 bits per heavy atom. The highest BCUT2D eigenvalue weighted by atomic mass is 28.2. The number of hydrogen-bond donors (Lipinski definition) is 0. The van der Waals surface area contributed by atoms with E-state index in [4.69, 9.17) is 4.74 Å². The van der Waals surface area contributed by atoms with Crippen molar-refractivity contribution in [1.82, 2.24) is 0 Å². The predicted molar refractivity (Wildman–Crippen MR) is 25.5 cm³/mol. The van der Waals surface area contributed by atoms with Crippen LogP contribution in [0.25, 0.3) is 0 Å². The molecule has 0 aromatic heterocycles. The maximum Gasteiger partial charge on any atom is 0.251 e. The SMILES string of the molecule is [Si]OC1CC=CO1. The van der Waals surface area contributed by atoms with Crippen LogP contribution in [-0.2, 0) is 9.16 Å². The van der Waals surface area contributed by atoms with Crippen LogP contribution in [0, 0.1) is 0 Å². The van der Waals surface area contributed by atoms with Crippen LogP contribution < -0.4 is 0 Å². The van der Waals surface area contributed by atoms with Gasteiger partial charge in [-0.25, -0.2) is 0 Å². The normalized spacial score (nSPS) is 27.9. The van der Waals surface area contributed by atoms with Gasteiger partial charge >= 0.3 is 0 Å². The van der Waals surface area contributed by atoms with Crippen molar-refractivity contribution in [3.8, 4) is 0 Å². The van der Waals surface area contributed by atoms with Crippen LogP contribution in [0.3, 0.4) is 0 Å². The largest absolute Gasteiger partial charge is 0.474 e. The Morgan fingerprint density at radius 2 is 2.71 bits per heavy atom. The van der Waals surface area contributed by atoms with Gasteiger partial charge < -0.3 is 9.16 Å². The van der Waals surface area contributed by atoms with Gasteiger partial charge in [0, 0.05) is 6.42 Å². The standard InChI is InChI=1S/C4H5O2Si/c7-6-4-2-1-3-5-4/h1,3-4H,2H2. The zero-order valence-corrected chi connectivity index (χ0v) is 4.76. The molecular formula is C4H5O2Si. The van der Waals surface area contributed by atoms with Gasteiger partial charge in [0.2, 0.25) is 0 Å². The van der Waals surface area contributed by atoms with E-state index in [1.54, 1.807) is 6.26 Å². The summed E-state index contributed by atoms with van der Waals surface area (Å²) < 4.78 is 9.48. The minimum atomic E-state index is -0.100. The first-order valence-electron chi connectivity index (χ1n) is 2.06. The van der Waals surface area contributed by atoms with Gasteiger partial charge in [-0.2, -0.15) is 0 Å². The molecule has 1 rings (SSSR count). The first-order chi connectivity index (χ1) is 3.43. The zero-order chi connectivity index (χ0) is 5.11. The molecule has 7 heavy (non-hydrogen) atoms. The lowest BCUT2D eigenvalue weighted by molar-refractivity contribution is -0.00467. The minimum absolute atomic E-state index is 0.100. The van der Waals surface area contributed by atoms with Crippen LogP contribution >= 0.6 is 0 Å². The molecule has 1 heterocycles. The van der Waals surface area contributed by atoms with Gasteiger partial charge in [-0.15, -0.1) is 0 Å². The van der Waals surface area contributed by atoms with Crippen molar-refractivity contribution in [3.05, 3.63) is 12.3 Å². The average Bonchev–Trinajstić information content (AvgIpc) is 2.14. The second-order valence-electron chi connectivity index (χ2n) is 1.29. The molecule has 1 unspecified atom stereocenters. The molecule has 0 N–H and O–H groups in total. The van der Waals surface area contributed by atoms with Gasteiger partial charge in [-0.05, 0) is 6.08 Å². The van der Waals surface area contributed by atoms with E-state index in [0.717, 1.165) is 6.42 Å². The third kappa shape index (κ3) is 1.04. The van der Waals surface area contributed by atoms with Crippen LogP contribution in [0.15, 0.2) is 12.3 Å². The fourth-order valence-corrected chi connectivity index (χ4v) is 0.593. The van der Waals surface area contributed by atoms with Gasteiger partial charge in [0.1, 0.15) is 0 Å². The third-order valence-electron chi connectivity index (χ3n) is 0.787. The van der Waals surface area contributed by atoms with E-state index < -0.39 is 0 Å². The second-order valence-corrected chi connectivity index (χ2v) is 1.53. The van der Waals surface area contributed by atoms with Crippen molar-refractivity contribution in [2.45, 2.75) is 12.7 Å². The van der Waals surface area contributed by atoms with Crippen molar-refractivity contribution in [3.63, 3.8) is 0 Å². The predicted octanol–water partition coefficient (Wildman–Crippen LogP) is 0.347. The Hall–Kier alpha value is -0.283. The maximum atomic E-state index is 4.85. The summed E-state index contributed by atoms with van der Waals surface area (Å²) in [7, 11) is 2.85. The summed E-state index contributed by atoms with van der Waals surface area (Å²) in [4.78, 5) is 0. The van der Waals surface area contributed by atoms with Crippen molar-refractivity contribution in [1.29, 1.82) is 0 Å². The molecule has 2 nitrogen and oxygen atoms in total. The monoisotopic (exact) mass is 113 g/mol. The summed E-state index contributed by atoms with van der Waals surface area (Å²) in [6, 6.07) is 0. The fourth-order valence-electron chi connectivity index (χ4n) is 0.441. The van der Waals surface area contributed by atoms with E-state index in [1.807, 2.05) is 6.08 Å². The highest BCUT2D eigenvalue weighted by molar-refractivity contribution is 5.98. The lowest BCUT2D eigenvalue weighted by Gasteiger charge is -2.04. The van der Waals surface area contributed by atoms with Crippen LogP contribution in [0.4, 0.5) is 0 Å². The molecule has 0 aromatic rings. The third-order valence-corrected chi connectivity index (χ3v) is 1.05. The van der Waals surface area contributed by atoms with Gasteiger partial charge in [0.25, 0.3) is 10.5 Å². The molecule has 1 aliphatic heterocycles. The molecule has 3 radical (unpaired) electrons. The van der Waals surface area contributed by atoms with E-state index in [-0.39, 0.29) is 6.29 Å². The van der Waals surface area contributed by atoms with E-state index in [0.29, 0.717) is 0 Å². The molecule has 3 heteroatoms. The van der Waals surface area contributed by atoms with Crippen molar-refractivity contribution in [2.24, 2.45) is 0 Å². The molecule has 0 amide bonds. The van der Waals surface area contributed by atoms with Crippen molar-refractivity contribution >= 4 is 10.5 Å². The number of ether oxygens (including phenoxy) is 1. The van der Waals surface area contributed by atoms with Gasteiger partial charge in [-0.1, -0.05) is 0 Å². The minimum Gasteiger partial charge on any atom is -0.474 e. The zero-order valence-electron chi connectivity index (χ0n) is 3.76. The fraction of sp³-hybridized carbons (Fsp3) is 0.500. The Morgan fingerprint density at radius 1 is 1.86 bits per heavy atom. The quantitative estimate of drug-likeness (QED) is 0.457. The van der Waals surface area contributed by atoms with E-state index in [1.165, 1.54) is 0 Å². The molecule has 0 spiro atoms. The smallest absolute Gasteiger partial charge is 0.251 e. The Kier molecular flexibility index (Phi) is 1.48. The van der Waals surface area contributed by atoms with Crippen LogP contribution in [0.1, 0.15) is 6.42 Å². The van der Waals surface area contributed by atoms with Crippen LogP contribution in [-0.4, -0.2) is 16.8 Å². The van der Waals surface area contributed by atoms with E-state index >= 15 is 0 Å². The number of rotatable bonds is 1. The van der Waals surface area contributed by atoms with Crippen molar-refractivity contribution in [2.75, 3.05) is 0 Å². The molecule has 0 saturated carbocycles. The number of hydrogen-bond acceptors (Lipinski definition) is 2. The van der Waals surface area contributed by atoms with E-state index in [9.17, 15) is 0 Å². The molecule has 0 bridgehead atoms. The molecule has 0 aliphatic carbocycles. The molecule has 0 saturated heterocycles. The molecule has 1 aliphatic rings. The van der Waals surface area contributed by atoms with E-state index in [2.05, 4.69) is 14.9 Å². The molecule has 37 valence electrons. The maximum absolute atomic E-state index is 4.85. The highest BCUT2D eigenvalue weighted by Gasteiger charge is 2.06. The summed E-state index contributed by atoms with van der Waals surface area (Å²) in [5.41, 5.74) is 0. The lowest BCUT2D eigenvalue weighted by Crippen LogP contribution is -2.06. The lowest BCUT2D eigenvalue weighted by atomic mass is 10.4.